The molecule has 0 spiro atoms. The Kier molecular flexibility index (Phi) is 6.32. The minimum absolute atomic E-state index is 0.0531. The van der Waals surface area contributed by atoms with Crippen LogP contribution in [0.15, 0.2) is 115 Å². The van der Waals surface area contributed by atoms with E-state index in [1.54, 1.807) is 0 Å². The Balaban J connectivity index is 1.31. The topological polar surface area (TPSA) is 3.24 Å². The number of fused-ring (bicyclic) bond motifs is 9. The van der Waals surface area contributed by atoms with Crippen molar-refractivity contribution in [1.29, 1.82) is 0 Å². The van der Waals surface area contributed by atoms with Gasteiger partial charge in [0.2, 0.25) is 0 Å². The van der Waals surface area contributed by atoms with Gasteiger partial charge < -0.3 is 4.90 Å². The summed E-state index contributed by atoms with van der Waals surface area (Å²) in [6.45, 7) is 18.8. The zero-order chi connectivity index (χ0) is 34.0. The fourth-order valence-corrected chi connectivity index (χ4v) is 10.2. The molecule has 1 heterocycles. The molecule has 0 N–H and O–H groups in total. The zero-order valence-electron chi connectivity index (χ0n) is 29.8. The van der Waals surface area contributed by atoms with Crippen LogP contribution >= 0.6 is 11.3 Å². The van der Waals surface area contributed by atoms with E-state index >= 15 is 0 Å². The van der Waals surface area contributed by atoms with Gasteiger partial charge in [-0.3, -0.25) is 0 Å². The zero-order valence-corrected chi connectivity index (χ0v) is 30.6. The standard InChI is InChI=1S/C47H43NS/c1-28-14-11-16-33-34-17-12-21-41(44(34)49-43(28)33)48(29-22-24-32-31-15-9-10-18-36(31)46(5,6)39(32)26-29)30-23-25-35-40(27-30)47(7,8)38-20-13-19-37(42(35)38)45(2,3)4/h9-27H,1-8H3. The van der Waals surface area contributed by atoms with E-state index in [9.17, 15) is 0 Å². The molecular weight excluding hydrogens is 611 g/mol. The number of hydrogen-bond acceptors (Lipinski definition) is 2. The van der Waals surface area contributed by atoms with Gasteiger partial charge in [-0.25, -0.2) is 0 Å². The van der Waals surface area contributed by atoms with Crippen LogP contribution in [-0.2, 0) is 16.2 Å². The first kappa shape index (κ1) is 30.4. The van der Waals surface area contributed by atoms with E-state index in [0.29, 0.717) is 0 Å². The summed E-state index contributed by atoms with van der Waals surface area (Å²) in [6, 6.07) is 43.9. The first-order valence-electron chi connectivity index (χ1n) is 17.6. The van der Waals surface area contributed by atoms with Crippen molar-refractivity contribution in [3.8, 4) is 22.3 Å². The number of rotatable bonds is 3. The largest absolute Gasteiger partial charge is 0.309 e. The van der Waals surface area contributed by atoms with Crippen LogP contribution in [0.5, 0.6) is 0 Å². The molecule has 6 aromatic carbocycles. The molecule has 0 radical (unpaired) electrons. The summed E-state index contributed by atoms with van der Waals surface area (Å²) in [6.07, 6.45) is 0. The second kappa shape index (κ2) is 10.2. The summed E-state index contributed by atoms with van der Waals surface area (Å²) < 4.78 is 2.70. The molecule has 49 heavy (non-hydrogen) atoms. The third-order valence-corrected chi connectivity index (χ3v) is 12.9. The SMILES string of the molecule is Cc1cccc2c1sc1c(N(c3ccc4c(c3)C(C)(C)c3ccccc3-4)c3ccc4c(c3)C(C)(C)c3cccc(C(C)(C)C)c3-4)cccc12. The van der Waals surface area contributed by atoms with Crippen LogP contribution < -0.4 is 4.90 Å². The summed E-state index contributed by atoms with van der Waals surface area (Å²) >= 11 is 1.93. The maximum atomic E-state index is 2.54. The second-order valence-corrected chi connectivity index (χ2v) is 17.3. The average Bonchev–Trinajstić information content (AvgIpc) is 3.66. The summed E-state index contributed by atoms with van der Waals surface area (Å²) in [5.41, 5.74) is 17.4. The molecule has 0 fully saturated rings. The average molecular weight is 654 g/mol. The molecule has 0 saturated heterocycles. The highest BCUT2D eigenvalue weighted by atomic mass is 32.1. The van der Waals surface area contributed by atoms with Crippen molar-refractivity contribution in [1.82, 2.24) is 0 Å². The van der Waals surface area contributed by atoms with E-state index in [0.717, 1.165) is 0 Å². The number of hydrogen-bond donors (Lipinski definition) is 0. The predicted molar refractivity (Wildman–Crippen MR) is 213 cm³/mol. The van der Waals surface area contributed by atoms with Crippen LogP contribution in [0.3, 0.4) is 0 Å². The van der Waals surface area contributed by atoms with Crippen LogP contribution in [0.2, 0.25) is 0 Å². The molecule has 9 rings (SSSR count). The highest BCUT2D eigenvalue weighted by molar-refractivity contribution is 7.26. The summed E-state index contributed by atoms with van der Waals surface area (Å²) in [5.74, 6) is 0. The summed E-state index contributed by atoms with van der Waals surface area (Å²) in [7, 11) is 0. The lowest BCUT2D eigenvalue weighted by atomic mass is 9.79. The first-order chi connectivity index (χ1) is 23.4. The fraction of sp³-hybridized carbons (Fsp3) is 0.234. The molecule has 0 atom stereocenters. The number of aryl methyl sites for hydroxylation is 1. The van der Waals surface area contributed by atoms with Crippen molar-refractivity contribution < 1.29 is 0 Å². The summed E-state index contributed by atoms with van der Waals surface area (Å²) in [5, 5.41) is 2.66. The Morgan fingerprint density at radius 2 is 1.10 bits per heavy atom. The van der Waals surface area contributed by atoms with Crippen LogP contribution in [0, 0.1) is 6.92 Å². The van der Waals surface area contributed by atoms with Crippen molar-refractivity contribution in [3.05, 3.63) is 149 Å². The molecular formula is C47H43NS. The predicted octanol–water partition coefficient (Wildman–Crippen LogP) is 13.7. The van der Waals surface area contributed by atoms with Crippen molar-refractivity contribution in [2.24, 2.45) is 0 Å². The molecule has 7 aromatic rings. The van der Waals surface area contributed by atoms with E-state index in [-0.39, 0.29) is 16.2 Å². The van der Waals surface area contributed by atoms with Crippen LogP contribution in [0.4, 0.5) is 17.1 Å². The van der Waals surface area contributed by atoms with Gasteiger partial charge in [-0.2, -0.15) is 0 Å². The van der Waals surface area contributed by atoms with Gasteiger partial charge in [-0.15, -0.1) is 11.3 Å². The van der Waals surface area contributed by atoms with Gasteiger partial charge in [0.05, 0.1) is 10.4 Å². The maximum absolute atomic E-state index is 2.54. The van der Waals surface area contributed by atoms with Crippen molar-refractivity contribution >= 4 is 48.6 Å². The minimum atomic E-state index is -0.115. The molecule has 242 valence electrons. The number of benzene rings is 6. The van der Waals surface area contributed by atoms with Gasteiger partial charge in [-0.1, -0.05) is 133 Å². The Labute approximate surface area is 294 Å². The van der Waals surface area contributed by atoms with Gasteiger partial charge in [0.1, 0.15) is 0 Å². The Morgan fingerprint density at radius 1 is 0.531 bits per heavy atom. The highest BCUT2D eigenvalue weighted by Gasteiger charge is 2.40. The van der Waals surface area contributed by atoms with E-state index in [4.69, 9.17) is 0 Å². The molecule has 0 saturated carbocycles. The van der Waals surface area contributed by atoms with Gasteiger partial charge in [0.25, 0.3) is 0 Å². The third kappa shape index (κ3) is 4.23. The Hall–Kier alpha value is -4.66. The van der Waals surface area contributed by atoms with E-state index in [1.807, 2.05) is 11.3 Å². The van der Waals surface area contributed by atoms with E-state index in [1.165, 1.54) is 92.9 Å². The van der Waals surface area contributed by atoms with Crippen molar-refractivity contribution in [2.75, 3.05) is 4.90 Å². The van der Waals surface area contributed by atoms with Crippen LogP contribution in [0.1, 0.15) is 81.8 Å². The van der Waals surface area contributed by atoms with E-state index in [2.05, 4.69) is 176 Å². The quantitative estimate of drug-likeness (QED) is 0.183. The minimum Gasteiger partial charge on any atom is -0.309 e. The third-order valence-electron chi connectivity index (χ3n) is 11.5. The van der Waals surface area contributed by atoms with Crippen molar-refractivity contribution in [3.63, 3.8) is 0 Å². The van der Waals surface area contributed by atoms with Gasteiger partial charge >= 0.3 is 0 Å². The highest BCUT2D eigenvalue weighted by Crippen LogP contribution is 2.55. The normalized spacial score (nSPS) is 15.3. The molecule has 2 aliphatic carbocycles. The lowest BCUT2D eigenvalue weighted by Crippen LogP contribution is -2.18. The molecule has 0 unspecified atom stereocenters. The summed E-state index contributed by atoms with van der Waals surface area (Å²) in [4.78, 5) is 2.54. The number of anilines is 3. The monoisotopic (exact) mass is 653 g/mol. The molecule has 0 aliphatic heterocycles. The molecule has 2 heteroatoms. The number of nitrogens with zero attached hydrogens (tertiary/aromatic N) is 1. The number of thiophene rings is 1. The lowest BCUT2D eigenvalue weighted by molar-refractivity contribution is 0.589. The smallest absolute Gasteiger partial charge is 0.0640 e. The Morgan fingerprint density at radius 3 is 1.84 bits per heavy atom. The van der Waals surface area contributed by atoms with E-state index < -0.39 is 0 Å². The van der Waals surface area contributed by atoms with Gasteiger partial charge in [0.15, 0.2) is 0 Å². The molecule has 1 aromatic heterocycles. The molecule has 2 aliphatic rings. The second-order valence-electron chi connectivity index (χ2n) is 16.3. The molecule has 1 nitrogen and oxygen atoms in total. The Bertz CT molecular complexity index is 2500. The van der Waals surface area contributed by atoms with Crippen LogP contribution in [-0.4, -0.2) is 0 Å². The van der Waals surface area contributed by atoms with Gasteiger partial charge in [-0.05, 0) is 98.3 Å². The van der Waals surface area contributed by atoms with Crippen LogP contribution in [0.25, 0.3) is 42.4 Å². The molecule has 0 amide bonds. The van der Waals surface area contributed by atoms with Crippen molar-refractivity contribution in [2.45, 2.75) is 71.6 Å². The lowest BCUT2D eigenvalue weighted by Gasteiger charge is -2.30. The van der Waals surface area contributed by atoms with Gasteiger partial charge in [0, 0.05) is 37.7 Å². The maximum Gasteiger partial charge on any atom is 0.0640 e. The molecule has 0 bridgehead atoms. The fourth-order valence-electron chi connectivity index (χ4n) is 8.92. The first-order valence-corrected chi connectivity index (χ1v) is 18.4.